The Morgan fingerprint density at radius 3 is 2.31 bits per heavy atom. The van der Waals surface area contributed by atoms with E-state index in [1.165, 1.54) is 45.5 Å². The largest absolute Gasteiger partial charge is 0.0622 e. The topological polar surface area (TPSA) is 0 Å². The van der Waals surface area contributed by atoms with Gasteiger partial charge < -0.3 is 0 Å². The number of hydrogen-bond donors (Lipinski definition) is 0. The van der Waals surface area contributed by atoms with Crippen molar-refractivity contribution in [2.24, 2.45) is 5.92 Å². The number of benzene rings is 4. The third kappa shape index (κ3) is 2.22. The van der Waals surface area contributed by atoms with Gasteiger partial charge in [0.2, 0.25) is 0 Å². The van der Waals surface area contributed by atoms with Crippen LogP contribution < -0.4 is 0 Å². The fourth-order valence-corrected chi connectivity index (χ4v) is 5.27. The van der Waals surface area contributed by atoms with E-state index in [2.05, 4.69) is 92.7 Å². The minimum Gasteiger partial charge on any atom is -0.0622 e. The van der Waals surface area contributed by atoms with Crippen LogP contribution in [-0.2, 0) is 11.8 Å². The van der Waals surface area contributed by atoms with Crippen molar-refractivity contribution in [1.82, 2.24) is 0 Å². The molecule has 0 N–H and O–H groups in total. The molecule has 0 heteroatoms. The van der Waals surface area contributed by atoms with E-state index in [0.717, 1.165) is 0 Å². The number of fused-ring (bicyclic) bond motifs is 5. The molecule has 2 atom stereocenters. The molecule has 0 spiro atoms. The van der Waals surface area contributed by atoms with Crippen molar-refractivity contribution in [1.29, 1.82) is 0 Å². The van der Waals surface area contributed by atoms with Crippen LogP contribution in [0.2, 0.25) is 0 Å². The van der Waals surface area contributed by atoms with Crippen molar-refractivity contribution < 1.29 is 0 Å². The molecule has 26 heavy (non-hydrogen) atoms. The highest BCUT2D eigenvalue weighted by Crippen LogP contribution is 2.48. The van der Waals surface area contributed by atoms with Crippen LogP contribution in [0.3, 0.4) is 0 Å². The fourth-order valence-electron chi connectivity index (χ4n) is 5.27. The Hall–Kier alpha value is -2.60. The van der Waals surface area contributed by atoms with Crippen molar-refractivity contribution in [3.05, 3.63) is 95.6 Å². The predicted molar refractivity (Wildman–Crippen MR) is 112 cm³/mol. The van der Waals surface area contributed by atoms with E-state index in [4.69, 9.17) is 0 Å². The van der Waals surface area contributed by atoms with Crippen molar-refractivity contribution >= 4 is 21.5 Å². The summed E-state index contributed by atoms with van der Waals surface area (Å²) < 4.78 is 0. The molecule has 0 saturated heterocycles. The maximum absolute atomic E-state index is 2.45. The van der Waals surface area contributed by atoms with Gasteiger partial charge in [-0.3, -0.25) is 0 Å². The Balaban J connectivity index is 1.89. The highest BCUT2D eigenvalue weighted by atomic mass is 14.4. The van der Waals surface area contributed by atoms with Crippen LogP contribution >= 0.6 is 0 Å². The summed E-state index contributed by atoms with van der Waals surface area (Å²) in [6.45, 7) is 4.85. The molecule has 0 amide bonds. The zero-order valence-electron chi connectivity index (χ0n) is 15.5. The second-order valence-electron chi connectivity index (χ2n) is 8.19. The molecule has 128 valence electrons. The van der Waals surface area contributed by atoms with E-state index >= 15 is 0 Å². The van der Waals surface area contributed by atoms with Gasteiger partial charge in [0, 0.05) is 5.41 Å². The minimum atomic E-state index is 0.0657. The summed E-state index contributed by atoms with van der Waals surface area (Å²) in [5.41, 5.74) is 4.58. The number of hydrogen-bond acceptors (Lipinski definition) is 0. The van der Waals surface area contributed by atoms with E-state index in [1.807, 2.05) is 0 Å². The molecule has 0 heterocycles. The summed E-state index contributed by atoms with van der Waals surface area (Å²) in [5.74, 6) is 0.700. The highest BCUT2D eigenvalue weighted by Gasteiger charge is 2.37. The molecule has 0 nitrogen and oxygen atoms in total. The monoisotopic (exact) mass is 336 g/mol. The first-order valence-corrected chi connectivity index (χ1v) is 9.66. The molecule has 0 fully saturated rings. The summed E-state index contributed by atoms with van der Waals surface area (Å²) in [4.78, 5) is 0. The summed E-state index contributed by atoms with van der Waals surface area (Å²) in [6, 6.07) is 29.2. The SMILES string of the molecule is CC1Cc2ccc3c(ccc4ccccc43)c2C(C)(c2ccccc2)C1. The van der Waals surface area contributed by atoms with Gasteiger partial charge >= 0.3 is 0 Å². The Bertz CT molecular complexity index is 1110. The van der Waals surface area contributed by atoms with E-state index in [1.54, 1.807) is 5.56 Å². The second kappa shape index (κ2) is 5.71. The van der Waals surface area contributed by atoms with Gasteiger partial charge in [0.15, 0.2) is 0 Å². The molecule has 2 unspecified atom stereocenters. The molecule has 0 aromatic heterocycles. The van der Waals surface area contributed by atoms with E-state index < -0.39 is 0 Å². The molecule has 1 aliphatic rings. The molecule has 4 aromatic carbocycles. The average Bonchev–Trinajstić information content (AvgIpc) is 2.67. The molecule has 0 radical (unpaired) electrons. The molecule has 1 aliphatic carbocycles. The van der Waals surface area contributed by atoms with Crippen LogP contribution in [-0.4, -0.2) is 0 Å². The first-order chi connectivity index (χ1) is 12.7. The second-order valence-corrected chi connectivity index (χ2v) is 8.19. The molecule has 0 bridgehead atoms. The lowest BCUT2D eigenvalue weighted by atomic mass is 9.63. The summed E-state index contributed by atoms with van der Waals surface area (Å²) >= 11 is 0. The molecule has 0 saturated carbocycles. The zero-order valence-corrected chi connectivity index (χ0v) is 15.5. The van der Waals surface area contributed by atoms with Crippen LogP contribution in [0.25, 0.3) is 21.5 Å². The standard InChI is InChI=1S/C26H24/c1-18-16-20-13-14-23-22-11-7-6-8-19(22)12-15-24(23)25(20)26(2,17-18)21-9-4-3-5-10-21/h3-15,18H,16-17H2,1-2H3. The van der Waals surface area contributed by atoms with Crippen LogP contribution in [0.5, 0.6) is 0 Å². The van der Waals surface area contributed by atoms with Gasteiger partial charge in [0.05, 0.1) is 0 Å². The van der Waals surface area contributed by atoms with Gasteiger partial charge in [-0.1, -0.05) is 92.7 Å². The molecule has 4 aromatic rings. The lowest BCUT2D eigenvalue weighted by molar-refractivity contribution is 0.374. The quantitative estimate of drug-likeness (QED) is 0.332. The first-order valence-electron chi connectivity index (χ1n) is 9.66. The lowest BCUT2D eigenvalue weighted by Crippen LogP contribution is -2.33. The van der Waals surface area contributed by atoms with Gasteiger partial charge in [0.1, 0.15) is 0 Å². The molecular formula is C26H24. The highest BCUT2D eigenvalue weighted by molar-refractivity contribution is 6.09. The maximum Gasteiger partial charge on any atom is 0.0186 e. The molecular weight excluding hydrogens is 312 g/mol. The normalized spacial score (nSPS) is 22.5. The summed E-state index contributed by atoms with van der Waals surface area (Å²) in [6.07, 6.45) is 2.39. The molecule has 5 rings (SSSR count). The van der Waals surface area contributed by atoms with Crippen molar-refractivity contribution in [3.63, 3.8) is 0 Å². The van der Waals surface area contributed by atoms with Gasteiger partial charge in [-0.15, -0.1) is 0 Å². The zero-order chi connectivity index (χ0) is 17.7. The Morgan fingerprint density at radius 2 is 1.46 bits per heavy atom. The Kier molecular flexibility index (Phi) is 3.43. The Morgan fingerprint density at radius 1 is 0.731 bits per heavy atom. The van der Waals surface area contributed by atoms with Crippen LogP contribution in [0.4, 0.5) is 0 Å². The average molecular weight is 336 g/mol. The third-order valence-corrected chi connectivity index (χ3v) is 6.30. The smallest absolute Gasteiger partial charge is 0.0186 e. The molecule has 0 aliphatic heterocycles. The van der Waals surface area contributed by atoms with Gasteiger partial charge in [-0.25, -0.2) is 0 Å². The Labute approximate surface area is 155 Å². The van der Waals surface area contributed by atoms with Gasteiger partial charge in [0.25, 0.3) is 0 Å². The van der Waals surface area contributed by atoms with E-state index in [-0.39, 0.29) is 5.41 Å². The van der Waals surface area contributed by atoms with Crippen LogP contribution in [0.1, 0.15) is 37.0 Å². The third-order valence-electron chi connectivity index (χ3n) is 6.30. The summed E-state index contributed by atoms with van der Waals surface area (Å²) in [7, 11) is 0. The first kappa shape index (κ1) is 15.6. The van der Waals surface area contributed by atoms with Crippen LogP contribution in [0, 0.1) is 5.92 Å². The minimum absolute atomic E-state index is 0.0657. The maximum atomic E-state index is 2.45. The van der Waals surface area contributed by atoms with Crippen LogP contribution in [0.15, 0.2) is 78.9 Å². The lowest BCUT2D eigenvalue weighted by Gasteiger charge is -2.40. The van der Waals surface area contributed by atoms with Gasteiger partial charge in [-0.2, -0.15) is 0 Å². The van der Waals surface area contributed by atoms with Crippen molar-refractivity contribution in [2.75, 3.05) is 0 Å². The number of rotatable bonds is 1. The van der Waals surface area contributed by atoms with Gasteiger partial charge in [-0.05, 0) is 57.0 Å². The van der Waals surface area contributed by atoms with E-state index in [9.17, 15) is 0 Å². The van der Waals surface area contributed by atoms with Crippen molar-refractivity contribution in [3.8, 4) is 0 Å². The fraction of sp³-hybridized carbons (Fsp3) is 0.231. The van der Waals surface area contributed by atoms with Crippen molar-refractivity contribution in [2.45, 2.75) is 32.1 Å². The van der Waals surface area contributed by atoms with E-state index in [0.29, 0.717) is 5.92 Å². The predicted octanol–water partition coefficient (Wildman–Crippen LogP) is 6.88. The summed E-state index contributed by atoms with van der Waals surface area (Å²) in [5, 5.41) is 5.50.